The minimum absolute atomic E-state index is 0.223. The lowest BCUT2D eigenvalue weighted by Gasteiger charge is -2.24. The van der Waals surface area contributed by atoms with Crippen LogP contribution in [-0.2, 0) is 4.74 Å². The number of nitrogens with one attached hydrogen (secondary N) is 2. The standard InChI is InChI=1S/C11H15N3O/c12-6-9-2-1-8(5-10(9)13)11-7-15-4-3-14-11/h1-2,5-6,11-12,14H,3-4,7,13H2. The zero-order valence-electron chi connectivity index (χ0n) is 8.49. The van der Waals surface area contributed by atoms with E-state index in [1.165, 1.54) is 6.21 Å². The van der Waals surface area contributed by atoms with Crippen molar-refractivity contribution < 1.29 is 4.74 Å². The van der Waals surface area contributed by atoms with Gasteiger partial charge >= 0.3 is 0 Å². The van der Waals surface area contributed by atoms with E-state index in [4.69, 9.17) is 15.9 Å². The summed E-state index contributed by atoms with van der Waals surface area (Å²) in [6.07, 6.45) is 1.27. The van der Waals surface area contributed by atoms with Gasteiger partial charge in [0.1, 0.15) is 0 Å². The lowest BCUT2D eigenvalue weighted by atomic mass is 10.0. The van der Waals surface area contributed by atoms with Crippen LogP contribution in [0.1, 0.15) is 17.2 Å². The van der Waals surface area contributed by atoms with E-state index in [0.29, 0.717) is 12.3 Å². The number of anilines is 1. The van der Waals surface area contributed by atoms with E-state index in [9.17, 15) is 0 Å². The Labute approximate surface area is 88.9 Å². The Morgan fingerprint density at radius 2 is 2.40 bits per heavy atom. The molecule has 1 fully saturated rings. The largest absolute Gasteiger partial charge is 0.398 e. The van der Waals surface area contributed by atoms with E-state index < -0.39 is 0 Å². The lowest BCUT2D eigenvalue weighted by Crippen LogP contribution is -2.34. The van der Waals surface area contributed by atoms with Gasteiger partial charge in [-0.1, -0.05) is 12.1 Å². The summed E-state index contributed by atoms with van der Waals surface area (Å²) in [6.45, 7) is 2.32. The highest BCUT2D eigenvalue weighted by Gasteiger charge is 2.15. The molecule has 0 amide bonds. The van der Waals surface area contributed by atoms with Gasteiger partial charge in [0.15, 0.2) is 0 Å². The molecule has 1 aromatic rings. The van der Waals surface area contributed by atoms with E-state index in [-0.39, 0.29) is 6.04 Å². The first-order valence-electron chi connectivity index (χ1n) is 5.02. The maximum absolute atomic E-state index is 7.15. The topological polar surface area (TPSA) is 71.1 Å². The molecule has 2 rings (SSSR count). The molecule has 1 aliphatic heterocycles. The van der Waals surface area contributed by atoms with Gasteiger partial charge < -0.3 is 21.2 Å². The molecule has 0 bridgehead atoms. The predicted octanol–water partition coefficient (Wildman–Crippen LogP) is 0.927. The number of rotatable bonds is 2. The van der Waals surface area contributed by atoms with Gasteiger partial charge in [-0.25, -0.2) is 0 Å². The monoisotopic (exact) mass is 205 g/mol. The average molecular weight is 205 g/mol. The highest BCUT2D eigenvalue weighted by Crippen LogP contribution is 2.20. The fourth-order valence-electron chi connectivity index (χ4n) is 1.72. The van der Waals surface area contributed by atoms with Crippen LogP contribution in [0.3, 0.4) is 0 Å². The van der Waals surface area contributed by atoms with Crippen molar-refractivity contribution in [1.82, 2.24) is 5.32 Å². The van der Waals surface area contributed by atoms with Crippen molar-refractivity contribution in [2.45, 2.75) is 6.04 Å². The first-order chi connectivity index (χ1) is 7.31. The summed E-state index contributed by atoms with van der Waals surface area (Å²) in [5.41, 5.74) is 8.35. The van der Waals surface area contributed by atoms with Gasteiger partial charge in [-0.05, 0) is 11.6 Å². The molecule has 80 valence electrons. The first kappa shape index (κ1) is 10.1. The highest BCUT2D eigenvalue weighted by molar-refractivity contribution is 5.84. The molecular weight excluding hydrogens is 190 g/mol. The van der Waals surface area contributed by atoms with Crippen molar-refractivity contribution in [2.24, 2.45) is 0 Å². The van der Waals surface area contributed by atoms with Crippen LogP contribution in [0.15, 0.2) is 18.2 Å². The van der Waals surface area contributed by atoms with Gasteiger partial charge in [0.2, 0.25) is 0 Å². The minimum Gasteiger partial charge on any atom is -0.398 e. The molecule has 0 aliphatic carbocycles. The summed E-state index contributed by atoms with van der Waals surface area (Å²) in [5, 5.41) is 10.5. The Kier molecular flexibility index (Phi) is 2.99. The molecule has 0 spiro atoms. The molecule has 0 saturated carbocycles. The van der Waals surface area contributed by atoms with Crippen molar-refractivity contribution in [1.29, 1.82) is 5.41 Å². The van der Waals surface area contributed by atoms with E-state index in [0.717, 1.165) is 24.3 Å². The van der Waals surface area contributed by atoms with Gasteiger partial charge in [-0.2, -0.15) is 0 Å². The number of hydrogen-bond donors (Lipinski definition) is 3. The molecule has 0 radical (unpaired) electrons. The van der Waals surface area contributed by atoms with Crippen LogP contribution in [0.5, 0.6) is 0 Å². The molecule has 1 atom stereocenters. The van der Waals surface area contributed by atoms with Gasteiger partial charge in [-0.15, -0.1) is 0 Å². The second-order valence-corrected chi connectivity index (χ2v) is 3.61. The molecule has 1 aliphatic rings. The number of nitrogens with two attached hydrogens (primary N) is 1. The Bertz CT molecular complexity index is 359. The third kappa shape index (κ3) is 2.16. The van der Waals surface area contributed by atoms with Gasteiger partial charge in [0.25, 0.3) is 0 Å². The maximum Gasteiger partial charge on any atom is 0.0662 e. The van der Waals surface area contributed by atoms with Gasteiger partial charge in [0.05, 0.1) is 19.3 Å². The number of morpholine rings is 1. The van der Waals surface area contributed by atoms with E-state index in [1.807, 2.05) is 18.2 Å². The second-order valence-electron chi connectivity index (χ2n) is 3.61. The second kappa shape index (κ2) is 4.42. The average Bonchev–Trinajstić information content (AvgIpc) is 2.30. The molecule has 1 saturated heterocycles. The predicted molar refractivity (Wildman–Crippen MR) is 60.3 cm³/mol. The van der Waals surface area contributed by atoms with Crippen LogP contribution in [-0.4, -0.2) is 26.0 Å². The van der Waals surface area contributed by atoms with Crippen molar-refractivity contribution >= 4 is 11.9 Å². The van der Waals surface area contributed by atoms with Crippen LogP contribution in [0.4, 0.5) is 5.69 Å². The third-order valence-corrected chi connectivity index (χ3v) is 2.59. The van der Waals surface area contributed by atoms with E-state index >= 15 is 0 Å². The molecule has 4 heteroatoms. The summed E-state index contributed by atoms with van der Waals surface area (Å²) in [7, 11) is 0. The van der Waals surface area contributed by atoms with Crippen LogP contribution < -0.4 is 11.1 Å². The van der Waals surface area contributed by atoms with Crippen LogP contribution in [0.2, 0.25) is 0 Å². The summed E-state index contributed by atoms with van der Waals surface area (Å²) in [6, 6.07) is 5.99. The molecular formula is C11H15N3O. The van der Waals surface area contributed by atoms with E-state index in [2.05, 4.69) is 5.32 Å². The fourth-order valence-corrected chi connectivity index (χ4v) is 1.72. The summed E-state index contributed by atoms with van der Waals surface area (Å²) in [4.78, 5) is 0. The van der Waals surface area contributed by atoms with Gasteiger partial charge in [0, 0.05) is 24.0 Å². The highest BCUT2D eigenvalue weighted by atomic mass is 16.5. The summed E-state index contributed by atoms with van der Waals surface area (Å²) in [5.74, 6) is 0. The molecule has 15 heavy (non-hydrogen) atoms. The Morgan fingerprint density at radius 1 is 1.53 bits per heavy atom. The number of benzene rings is 1. The number of ether oxygens (including phenoxy) is 1. The summed E-state index contributed by atoms with van der Waals surface area (Å²) < 4.78 is 5.38. The molecule has 4 nitrogen and oxygen atoms in total. The first-order valence-corrected chi connectivity index (χ1v) is 5.02. The molecule has 1 heterocycles. The fraction of sp³-hybridized carbons (Fsp3) is 0.364. The van der Waals surface area contributed by atoms with Crippen molar-refractivity contribution in [3.05, 3.63) is 29.3 Å². The van der Waals surface area contributed by atoms with Crippen LogP contribution in [0.25, 0.3) is 0 Å². The van der Waals surface area contributed by atoms with Crippen LogP contribution >= 0.6 is 0 Å². The van der Waals surface area contributed by atoms with E-state index in [1.54, 1.807) is 0 Å². The number of hydrogen-bond acceptors (Lipinski definition) is 4. The maximum atomic E-state index is 7.15. The normalized spacial score (nSPS) is 21.2. The SMILES string of the molecule is N=Cc1ccc(C2COCCN2)cc1N. The lowest BCUT2D eigenvalue weighted by molar-refractivity contribution is 0.0769. The van der Waals surface area contributed by atoms with Crippen LogP contribution in [0, 0.1) is 5.41 Å². The Hall–Kier alpha value is -1.39. The Morgan fingerprint density at radius 3 is 3.00 bits per heavy atom. The molecule has 0 aromatic heterocycles. The smallest absolute Gasteiger partial charge is 0.0662 e. The van der Waals surface area contributed by atoms with Crippen molar-refractivity contribution in [3.8, 4) is 0 Å². The quantitative estimate of drug-likeness (QED) is 0.497. The number of nitrogen functional groups attached to an aromatic ring is 1. The zero-order valence-corrected chi connectivity index (χ0v) is 8.49. The summed E-state index contributed by atoms with van der Waals surface area (Å²) >= 11 is 0. The Balaban J connectivity index is 2.21. The van der Waals surface area contributed by atoms with Crippen molar-refractivity contribution in [3.63, 3.8) is 0 Å². The molecule has 1 unspecified atom stereocenters. The zero-order chi connectivity index (χ0) is 10.7. The minimum atomic E-state index is 0.223. The third-order valence-electron chi connectivity index (χ3n) is 2.59. The molecule has 1 aromatic carbocycles. The van der Waals surface area contributed by atoms with Crippen molar-refractivity contribution in [2.75, 3.05) is 25.5 Å². The molecule has 4 N–H and O–H groups in total. The van der Waals surface area contributed by atoms with Gasteiger partial charge in [-0.3, -0.25) is 0 Å².